The Kier molecular flexibility index (Phi) is 29.5. The molecular weight excluding hydrogens is 508 g/mol. The Hall–Kier alpha value is -0.790. The molecule has 1 aromatic rings. The Bertz CT molecular complexity index is 648. The number of rotatable bonds is 34. The molecule has 0 saturated carbocycles. The van der Waals surface area contributed by atoms with Crippen LogP contribution in [0.1, 0.15) is 226 Å². The molecule has 1 aromatic heterocycles. The summed E-state index contributed by atoms with van der Waals surface area (Å²) in [4.78, 5) is 0. The van der Waals surface area contributed by atoms with Gasteiger partial charge in [0.15, 0.2) is 0 Å². The zero-order valence-electron chi connectivity index (χ0n) is 29.6. The monoisotopic (exact) mass is 588 g/mol. The number of aryl methyl sites for hydroxylation is 2. The van der Waals surface area contributed by atoms with E-state index in [0.717, 1.165) is 0 Å². The zero-order valence-corrected chi connectivity index (χ0v) is 29.6. The SMILES string of the molecule is CCCCCCCCCCCCCCCCn1cc[n+](CCCCCC)c1CCCCCCCCCCCCCCC. The van der Waals surface area contributed by atoms with Crippen LogP contribution in [-0.4, -0.2) is 4.57 Å². The molecule has 0 saturated heterocycles. The quantitative estimate of drug-likeness (QED) is 0.0560. The average Bonchev–Trinajstić information content (AvgIpc) is 3.38. The first-order chi connectivity index (χ1) is 20.8. The van der Waals surface area contributed by atoms with Crippen LogP contribution < -0.4 is 4.57 Å². The van der Waals surface area contributed by atoms with Gasteiger partial charge in [-0.1, -0.05) is 188 Å². The summed E-state index contributed by atoms with van der Waals surface area (Å²) >= 11 is 0. The summed E-state index contributed by atoms with van der Waals surface area (Å²) in [5.41, 5.74) is 0. The van der Waals surface area contributed by atoms with Crippen molar-refractivity contribution in [2.24, 2.45) is 0 Å². The predicted molar refractivity (Wildman–Crippen MR) is 188 cm³/mol. The molecule has 0 aliphatic rings. The van der Waals surface area contributed by atoms with Gasteiger partial charge in [0.05, 0.1) is 13.1 Å². The molecule has 0 amide bonds. The van der Waals surface area contributed by atoms with E-state index in [-0.39, 0.29) is 0 Å². The minimum Gasteiger partial charge on any atom is -0.234 e. The summed E-state index contributed by atoms with van der Waals surface area (Å²) in [6.07, 6.45) is 50.4. The molecule has 0 N–H and O–H groups in total. The van der Waals surface area contributed by atoms with E-state index in [1.165, 1.54) is 219 Å². The van der Waals surface area contributed by atoms with Gasteiger partial charge in [-0.3, -0.25) is 0 Å². The number of aromatic nitrogens is 2. The van der Waals surface area contributed by atoms with Crippen molar-refractivity contribution >= 4 is 0 Å². The molecule has 0 radical (unpaired) electrons. The highest BCUT2D eigenvalue weighted by Gasteiger charge is 2.16. The van der Waals surface area contributed by atoms with Gasteiger partial charge in [0.2, 0.25) is 0 Å². The minimum absolute atomic E-state index is 1.22. The minimum atomic E-state index is 1.22. The summed E-state index contributed by atoms with van der Waals surface area (Å²) < 4.78 is 5.24. The second kappa shape index (κ2) is 31.6. The number of hydrogen-bond donors (Lipinski definition) is 0. The Morgan fingerprint density at radius 2 is 0.738 bits per heavy atom. The summed E-state index contributed by atoms with van der Waals surface area (Å²) in [5.74, 6) is 1.62. The van der Waals surface area contributed by atoms with E-state index in [1.54, 1.807) is 5.82 Å². The molecule has 0 bridgehead atoms. The second-order valence-electron chi connectivity index (χ2n) is 13.8. The molecule has 0 aliphatic heterocycles. The average molecular weight is 588 g/mol. The van der Waals surface area contributed by atoms with Gasteiger partial charge in [0, 0.05) is 6.42 Å². The van der Waals surface area contributed by atoms with Crippen LogP contribution in [0.25, 0.3) is 0 Å². The van der Waals surface area contributed by atoms with Crippen molar-refractivity contribution in [1.82, 2.24) is 4.57 Å². The first kappa shape index (κ1) is 39.2. The third-order valence-electron chi connectivity index (χ3n) is 9.60. The molecule has 42 heavy (non-hydrogen) atoms. The van der Waals surface area contributed by atoms with Crippen molar-refractivity contribution in [3.05, 3.63) is 18.2 Å². The summed E-state index contributed by atoms with van der Waals surface area (Å²) in [6.45, 7) is 9.39. The van der Waals surface area contributed by atoms with Gasteiger partial charge in [-0.25, -0.2) is 9.13 Å². The molecule has 0 atom stereocenters. The van der Waals surface area contributed by atoms with Gasteiger partial charge in [0.25, 0.3) is 5.82 Å². The van der Waals surface area contributed by atoms with Crippen LogP contribution >= 0.6 is 0 Å². The number of imidazole rings is 1. The van der Waals surface area contributed by atoms with E-state index in [1.807, 2.05) is 0 Å². The van der Waals surface area contributed by atoms with E-state index in [9.17, 15) is 0 Å². The Labute approximate surface area is 266 Å². The van der Waals surface area contributed by atoms with Crippen molar-refractivity contribution in [2.75, 3.05) is 0 Å². The van der Waals surface area contributed by atoms with Crippen LogP contribution in [0.3, 0.4) is 0 Å². The zero-order chi connectivity index (χ0) is 30.2. The molecular formula is C40H79N2+. The maximum Gasteiger partial charge on any atom is 0.256 e. The molecule has 0 unspecified atom stereocenters. The number of unbranched alkanes of at least 4 members (excludes halogenated alkanes) is 28. The molecule has 2 heteroatoms. The fourth-order valence-electron chi connectivity index (χ4n) is 6.68. The highest BCUT2D eigenvalue weighted by Crippen LogP contribution is 2.15. The van der Waals surface area contributed by atoms with Crippen LogP contribution in [0.4, 0.5) is 0 Å². The standard InChI is InChI=1S/C40H79N2/c1-4-7-10-13-15-17-19-21-23-25-27-29-31-34-37-42-39-38-41(36-33-12-9-6-3)40(42)35-32-30-28-26-24-22-20-18-16-14-11-8-5-2/h38-39H,4-37H2,1-3H3/q+1. The van der Waals surface area contributed by atoms with Gasteiger partial charge in [0.1, 0.15) is 12.4 Å². The van der Waals surface area contributed by atoms with Crippen molar-refractivity contribution in [3.63, 3.8) is 0 Å². The lowest BCUT2D eigenvalue weighted by atomic mass is 10.0. The molecule has 0 spiro atoms. The first-order valence-corrected chi connectivity index (χ1v) is 19.9. The van der Waals surface area contributed by atoms with E-state index in [0.29, 0.717) is 0 Å². The van der Waals surface area contributed by atoms with E-state index in [4.69, 9.17) is 0 Å². The van der Waals surface area contributed by atoms with Gasteiger partial charge in [-0.2, -0.15) is 0 Å². The highest BCUT2D eigenvalue weighted by atomic mass is 15.1. The Balaban J connectivity index is 2.18. The van der Waals surface area contributed by atoms with Gasteiger partial charge >= 0.3 is 0 Å². The van der Waals surface area contributed by atoms with Crippen LogP contribution in [0.5, 0.6) is 0 Å². The van der Waals surface area contributed by atoms with Gasteiger partial charge in [-0.15, -0.1) is 0 Å². The lowest BCUT2D eigenvalue weighted by molar-refractivity contribution is -0.704. The second-order valence-corrected chi connectivity index (χ2v) is 13.8. The Morgan fingerprint density at radius 1 is 0.405 bits per heavy atom. The summed E-state index contributed by atoms with van der Waals surface area (Å²) in [5, 5.41) is 0. The fourth-order valence-corrected chi connectivity index (χ4v) is 6.68. The lowest BCUT2D eigenvalue weighted by Crippen LogP contribution is -2.37. The number of hydrogen-bond acceptors (Lipinski definition) is 0. The fraction of sp³-hybridized carbons (Fsp3) is 0.925. The highest BCUT2D eigenvalue weighted by molar-refractivity contribution is 4.84. The van der Waals surface area contributed by atoms with Crippen LogP contribution in [-0.2, 0) is 19.5 Å². The normalized spacial score (nSPS) is 11.6. The van der Waals surface area contributed by atoms with Crippen LogP contribution in [0, 0.1) is 0 Å². The predicted octanol–water partition coefficient (Wildman–Crippen LogP) is 13.5. The largest absolute Gasteiger partial charge is 0.256 e. The van der Waals surface area contributed by atoms with E-state index < -0.39 is 0 Å². The van der Waals surface area contributed by atoms with Crippen LogP contribution in [0.15, 0.2) is 12.4 Å². The van der Waals surface area contributed by atoms with Crippen molar-refractivity contribution in [2.45, 2.75) is 239 Å². The molecule has 0 aromatic carbocycles. The van der Waals surface area contributed by atoms with Crippen molar-refractivity contribution in [3.8, 4) is 0 Å². The topological polar surface area (TPSA) is 8.81 Å². The molecule has 1 rings (SSSR count). The van der Waals surface area contributed by atoms with E-state index in [2.05, 4.69) is 42.3 Å². The van der Waals surface area contributed by atoms with Crippen molar-refractivity contribution < 1.29 is 4.57 Å². The first-order valence-electron chi connectivity index (χ1n) is 19.9. The molecule has 0 fully saturated rings. The molecule has 2 nitrogen and oxygen atoms in total. The van der Waals surface area contributed by atoms with Gasteiger partial charge < -0.3 is 0 Å². The molecule has 248 valence electrons. The third kappa shape index (κ3) is 23.6. The number of nitrogens with zero attached hydrogens (tertiary/aromatic N) is 2. The molecule has 0 aliphatic carbocycles. The van der Waals surface area contributed by atoms with Crippen LogP contribution in [0.2, 0.25) is 0 Å². The maximum atomic E-state index is 2.63. The Morgan fingerprint density at radius 3 is 1.14 bits per heavy atom. The smallest absolute Gasteiger partial charge is 0.234 e. The van der Waals surface area contributed by atoms with Crippen molar-refractivity contribution in [1.29, 1.82) is 0 Å². The lowest BCUT2D eigenvalue weighted by Gasteiger charge is -2.07. The summed E-state index contributed by atoms with van der Waals surface area (Å²) in [7, 11) is 0. The maximum absolute atomic E-state index is 2.63. The van der Waals surface area contributed by atoms with Gasteiger partial charge in [-0.05, 0) is 32.1 Å². The van der Waals surface area contributed by atoms with E-state index >= 15 is 0 Å². The summed E-state index contributed by atoms with van der Waals surface area (Å²) in [6, 6.07) is 0. The molecule has 1 heterocycles. The third-order valence-corrected chi connectivity index (χ3v) is 9.60.